The maximum absolute atomic E-state index is 13.9. The Morgan fingerprint density at radius 3 is 1.90 bits per heavy atom. The molecule has 0 bridgehead atoms. The second kappa shape index (κ2) is 14.8. The van der Waals surface area contributed by atoms with Gasteiger partial charge < -0.3 is 10.6 Å². The van der Waals surface area contributed by atoms with Gasteiger partial charge in [-0.05, 0) is 90.7 Å². The van der Waals surface area contributed by atoms with E-state index in [-0.39, 0.29) is 22.8 Å². The summed E-state index contributed by atoms with van der Waals surface area (Å²) in [7, 11) is 0. The zero-order chi connectivity index (χ0) is 33.6. The van der Waals surface area contributed by atoms with Crippen LogP contribution < -0.4 is 15.5 Å². The third-order valence-electron chi connectivity index (χ3n) is 7.87. The third kappa shape index (κ3) is 7.56. The van der Waals surface area contributed by atoms with E-state index in [0.717, 1.165) is 31.6 Å². The van der Waals surface area contributed by atoms with Gasteiger partial charge in [0.2, 0.25) is 5.91 Å². The van der Waals surface area contributed by atoms with Crippen molar-refractivity contribution in [1.82, 2.24) is 5.32 Å². The highest BCUT2D eigenvalue weighted by Crippen LogP contribution is 2.48. The van der Waals surface area contributed by atoms with Gasteiger partial charge in [0.1, 0.15) is 5.70 Å². The molecule has 6 rings (SSSR count). The summed E-state index contributed by atoms with van der Waals surface area (Å²) in [6.45, 7) is 6.16. The van der Waals surface area contributed by atoms with Gasteiger partial charge in [0, 0.05) is 25.9 Å². The highest BCUT2D eigenvalue weighted by molar-refractivity contribution is 8.00. The van der Waals surface area contributed by atoms with Crippen LogP contribution in [0.1, 0.15) is 48.2 Å². The Morgan fingerprint density at radius 2 is 1.29 bits per heavy atom. The van der Waals surface area contributed by atoms with Gasteiger partial charge >= 0.3 is 0 Å². The van der Waals surface area contributed by atoms with E-state index in [2.05, 4.69) is 24.5 Å². The van der Waals surface area contributed by atoms with Gasteiger partial charge in [0.15, 0.2) is 0 Å². The van der Waals surface area contributed by atoms with Crippen molar-refractivity contribution in [2.24, 2.45) is 0 Å². The molecular formula is C40H35N3O3S2. The van der Waals surface area contributed by atoms with E-state index in [4.69, 9.17) is 0 Å². The van der Waals surface area contributed by atoms with Gasteiger partial charge in [0.05, 0.1) is 16.6 Å². The molecule has 240 valence electrons. The second-order valence-corrected chi connectivity index (χ2v) is 14.1. The molecule has 5 aromatic carbocycles. The Bertz CT molecular complexity index is 1930. The number of nitrogens with one attached hydrogen (secondary N) is 2. The average Bonchev–Trinajstić information content (AvgIpc) is 3.11. The van der Waals surface area contributed by atoms with Crippen LogP contribution in [-0.2, 0) is 9.59 Å². The van der Waals surface area contributed by atoms with Crippen molar-refractivity contribution in [2.45, 2.75) is 46.6 Å². The van der Waals surface area contributed by atoms with Crippen molar-refractivity contribution < 1.29 is 14.4 Å². The molecule has 48 heavy (non-hydrogen) atoms. The molecule has 6 nitrogen and oxygen atoms in total. The predicted octanol–water partition coefficient (Wildman–Crippen LogP) is 9.53. The number of rotatable bonds is 9. The van der Waals surface area contributed by atoms with E-state index in [1.165, 1.54) is 17.3 Å². The molecule has 0 aromatic heterocycles. The summed E-state index contributed by atoms with van der Waals surface area (Å²) in [6, 6.07) is 40.0. The standard InChI is InChI=1S/C40H35N3O3S2/c1-26(2)29-19-17-28(18-20-29)25-33(42-38(44)30-11-5-4-6-12-30)39(45)41-31-21-23-32(24-22-31)47-27(3)40(46)43-34-13-7-9-15-36(34)48-37-16-10-8-14-35(37)43/h4-27H,1-3H3,(H,41,45)(H,42,44)/b33-25-. The smallest absolute Gasteiger partial charge is 0.272 e. The van der Waals surface area contributed by atoms with Crippen LogP contribution in [0.4, 0.5) is 17.1 Å². The molecule has 0 fully saturated rings. The first-order valence-electron chi connectivity index (χ1n) is 15.7. The number of amides is 3. The van der Waals surface area contributed by atoms with Crippen molar-refractivity contribution in [3.8, 4) is 0 Å². The minimum atomic E-state index is -0.448. The lowest BCUT2D eigenvalue weighted by Crippen LogP contribution is -2.34. The SMILES string of the molecule is CC(Sc1ccc(NC(=O)/C(=C/c2ccc(C(C)C)cc2)NC(=O)c2ccccc2)cc1)C(=O)N1c2ccccc2Sc2ccccc21. The van der Waals surface area contributed by atoms with Crippen molar-refractivity contribution >= 4 is 64.4 Å². The lowest BCUT2D eigenvalue weighted by Gasteiger charge is -2.32. The topological polar surface area (TPSA) is 78.5 Å². The quantitative estimate of drug-likeness (QED) is 0.121. The van der Waals surface area contributed by atoms with E-state index < -0.39 is 5.91 Å². The number of hydrogen-bond donors (Lipinski definition) is 2. The van der Waals surface area contributed by atoms with Gasteiger partial charge in [-0.15, -0.1) is 11.8 Å². The zero-order valence-electron chi connectivity index (χ0n) is 26.8. The summed E-state index contributed by atoms with van der Waals surface area (Å²) in [6.07, 6.45) is 1.67. The summed E-state index contributed by atoms with van der Waals surface area (Å²) in [5, 5.41) is 5.34. The van der Waals surface area contributed by atoms with Crippen molar-refractivity contribution in [2.75, 3.05) is 10.2 Å². The van der Waals surface area contributed by atoms with Gasteiger partial charge in [0.25, 0.3) is 11.8 Å². The first kappa shape index (κ1) is 32.9. The van der Waals surface area contributed by atoms with E-state index >= 15 is 0 Å². The molecule has 0 saturated carbocycles. The maximum atomic E-state index is 13.9. The molecule has 1 aliphatic rings. The number of carbonyl (C=O) groups is 3. The van der Waals surface area contributed by atoms with Crippen molar-refractivity contribution in [3.63, 3.8) is 0 Å². The summed E-state index contributed by atoms with van der Waals surface area (Å²) in [5.74, 6) is -0.457. The summed E-state index contributed by atoms with van der Waals surface area (Å²) < 4.78 is 0. The number of carbonyl (C=O) groups excluding carboxylic acids is 3. The van der Waals surface area contributed by atoms with E-state index in [0.29, 0.717) is 17.2 Å². The highest BCUT2D eigenvalue weighted by Gasteiger charge is 2.31. The fraction of sp³-hybridized carbons (Fsp3) is 0.125. The molecule has 8 heteroatoms. The van der Waals surface area contributed by atoms with Gasteiger partial charge in [-0.1, -0.05) is 92.3 Å². The van der Waals surface area contributed by atoms with Crippen LogP contribution in [0.2, 0.25) is 0 Å². The van der Waals surface area contributed by atoms with Crippen LogP contribution in [0.5, 0.6) is 0 Å². The number of hydrogen-bond acceptors (Lipinski definition) is 5. The number of thioether (sulfide) groups is 1. The minimum absolute atomic E-state index is 0.0112. The monoisotopic (exact) mass is 669 g/mol. The Morgan fingerprint density at radius 1 is 0.708 bits per heavy atom. The highest BCUT2D eigenvalue weighted by atomic mass is 32.2. The number of benzene rings is 5. The van der Waals surface area contributed by atoms with Crippen LogP contribution in [-0.4, -0.2) is 23.0 Å². The Labute approximate surface area is 289 Å². The molecule has 0 radical (unpaired) electrons. The van der Waals surface area contributed by atoms with Crippen LogP contribution in [0.15, 0.2) is 148 Å². The van der Waals surface area contributed by atoms with Crippen molar-refractivity contribution in [3.05, 3.63) is 150 Å². The maximum Gasteiger partial charge on any atom is 0.272 e. The molecule has 0 aliphatic carbocycles. The molecular weight excluding hydrogens is 635 g/mol. The molecule has 0 spiro atoms. The van der Waals surface area contributed by atoms with Crippen molar-refractivity contribution in [1.29, 1.82) is 0 Å². The fourth-order valence-corrected chi connectivity index (χ4v) is 7.25. The average molecular weight is 670 g/mol. The molecule has 1 atom stereocenters. The summed E-state index contributed by atoms with van der Waals surface area (Å²) in [4.78, 5) is 45.3. The lowest BCUT2D eigenvalue weighted by molar-refractivity contribution is -0.117. The molecule has 1 heterocycles. The lowest BCUT2D eigenvalue weighted by atomic mass is 10.0. The third-order valence-corrected chi connectivity index (χ3v) is 10.1. The van der Waals surface area contributed by atoms with Gasteiger partial charge in [-0.3, -0.25) is 19.3 Å². The fourth-order valence-electron chi connectivity index (χ4n) is 5.28. The first-order valence-corrected chi connectivity index (χ1v) is 17.4. The normalized spacial score (nSPS) is 12.9. The summed E-state index contributed by atoms with van der Waals surface area (Å²) in [5.41, 5.74) is 4.89. The first-order chi connectivity index (χ1) is 23.3. The van der Waals surface area contributed by atoms with E-state index in [1.807, 2.05) is 103 Å². The summed E-state index contributed by atoms with van der Waals surface area (Å²) >= 11 is 3.13. The van der Waals surface area contributed by atoms with Crippen LogP contribution in [0, 0.1) is 0 Å². The Hall–Kier alpha value is -5.05. The van der Waals surface area contributed by atoms with Crippen LogP contribution >= 0.6 is 23.5 Å². The largest absolute Gasteiger partial charge is 0.321 e. The molecule has 0 saturated heterocycles. The van der Waals surface area contributed by atoms with E-state index in [1.54, 1.807) is 54.2 Å². The molecule has 3 amide bonds. The molecule has 1 aliphatic heterocycles. The number of nitrogens with zero attached hydrogens (tertiary/aromatic N) is 1. The van der Waals surface area contributed by atoms with Gasteiger partial charge in [-0.2, -0.15) is 0 Å². The Kier molecular flexibility index (Phi) is 10.1. The predicted molar refractivity (Wildman–Crippen MR) is 197 cm³/mol. The second-order valence-electron chi connectivity index (χ2n) is 11.6. The number of anilines is 3. The van der Waals surface area contributed by atoms with Crippen LogP contribution in [0.3, 0.4) is 0 Å². The number of para-hydroxylation sites is 2. The minimum Gasteiger partial charge on any atom is -0.321 e. The molecule has 2 N–H and O–H groups in total. The van der Waals surface area contributed by atoms with Gasteiger partial charge in [-0.25, -0.2) is 0 Å². The van der Waals surface area contributed by atoms with E-state index in [9.17, 15) is 14.4 Å². The van der Waals surface area contributed by atoms with Crippen LogP contribution in [0.25, 0.3) is 6.08 Å². The zero-order valence-corrected chi connectivity index (χ0v) is 28.5. The Balaban J connectivity index is 1.16. The number of fused-ring (bicyclic) bond motifs is 2. The molecule has 1 unspecified atom stereocenters. The molecule has 5 aromatic rings.